The van der Waals surface area contributed by atoms with E-state index in [4.69, 9.17) is 0 Å². The fourth-order valence-electron chi connectivity index (χ4n) is 3.88. The summed E-state index contributed by atoms with van der Waals surface area (Å²) in [4.78, 5) is 27.7. The third kappa shape index (κ3) is 6.30. The summed E-state index contributed by atoms with van der Waals surface area (Å²) in [5, 5.41) is 6.24. The van der Waals surface area contributed by atoms with E-state index >= 15 is 0 Å². The standard InChI is InChI=1S/C22H31N3O2S/c1-28-20-10-7-17(8-11-20)9-12-21(26)23-19-13-15-25(16-14-19)22(27)24-18-5-3-2-4-6-18/h7-12,18-19H,2-6,13-16H2,1H3,(H,23,26)(H,24,27)/b12-9+. The zero-order valence-electron chi connectivity index (χ0n) is 16.7. The Bertz CT molecular complexity index is 676. The molecule has 0 radical (unpaired) electrons. The quantitative estimate of drug-likeness (QED) is 0.578. The van der Waals surface area contributed by atoms with E-state index < -0.39 is 0 Å². The molecule has 6 heteroatoms. The number of hydrogen-bond donors (Lipinski definition) is 2. The maximum absolute atomic E-state index is 12.4. The molecule has 5 nitrogen and oxygen atoms in total. The number of carbonyl (C=O) groups is 2. The molecule has 0 atom stereocenters. The van der Waals surface area contributed by atoms with Crippen LogP contribution >= 0.6 is 11.8 Å². The first-order chi connectivity index (χ1) is 13.6. The second-order valence-electron chi connectivity index (χ2n) is 7.66. The monoisotopic (exact) mass is 401 g/mol. The van der Waals surface area contributed by atoms with Gasteiger partial charge in [0, 0.05) is 36.1 Å². The lowest BCUT2D eigenvalue weighted by atomic mass is 9.95. The number of carbonyl (C=O) groups excluding carboxylic acids is 2. The summed E-state index contributed by atoms with van der Waals surface area (Å²) in [6.45, 7) is 1.40. The molecule has 1 saturated heterocycles. The summed E-state index contributed by atoms with van der Waals surface area (Å²) in [6.07, 6.45) is 13.0. The molecular formula is C22H31N3O2S. The highest BCUT2D eigenvalue weighted by Gasteiger charge is 2.25. The number of thioether (sulfide) groups is 1. The van der Waals surface area contributed by atoms with Crippen molar-refractivity contribution in [1.82, 2.24) is 15.5 Å². The Labute approximate surface area is 172 Å². The van der Waals surface area contributed by atoms with Crippen molar-refractivity contribution in [2.75, 3.05) is 19.3 Å². The van der Waals surface area contributed by atoms with Crippen molar-refractivity contribution in [3.63, 3.8) is 0 Å². The molecule has 152 valence electrons. The van der Waals surface area contributed by atoms with Crippen LogP contribution in [0.2, 0.25) is 0 Å². The van der Waals surface area contributed by atoms with Gasteiger partial charge in [0.2, 0.25) is 5.91 Å². The smallest absolute Gasteiger partial charge is 0.317 e. The summed E-state index contributed by atoms with van der Waals surface area (Å²) >= 11 is 1.70. The number of rotatable bonds is 5. The highest BCUT2D eigenvalue weighted by Crippen LogP contribution is 2.19. The van der Waals surface area contributed by atoms with Gasteiger partial charge in [0.15, 0.2) is 0 Å². The highest BCUT2D eigenvalue weighted by atomic mass is 32.2. The minimum absolute atomic E-state index is 0.0604. The summed E-state index contributed by atoms with van der Waals surface area (Å²) in [5.74, 6) is -0.0703. The molecule has 1 heterocycles. The minimum Gasteiger partial charge on any atom is -0.350 e. The molecule has 0 spiro atoms. The Morgan fingerprint density at radius 2 is 1.61 bits per heavy atom. The van der Waals surface area contributed by atoms with Crippen molar-refractivity contribution in [3.05, 3.63) is 35.9 Å². The van der Waals surface area contributed by atoms with Gasteiger partial charge in [-0.3, -0.25) is 4.79 Å². The SMILES string of the molecule is CSc1ccc(/C=C/C(=O)NC2CCN(C(=O)NC3CCCCC3)CC2)cc1. The van der Waals surface area contributed by atoms with E-state index in [1.54, 1.807) is 17.8 Å². The fourth-order valence-corrected chi connectivity index (χ4v) is 4.28. The average Bonchev–Trinajstić information content (AvgIpc) is 2.74. The molecule has 3 amide bonds. The van der Waals surface area contributed by atoms with Gasteiger partial charge in [0.05, 0.1) is 0 Å². The lowest BCUT2D eigenvalue weighted by molar-refractivity contribution is -0.117. The number of nitrogens with one attached hydrogen (secondary N) is 2. The van der Waals surface area contributed by atoms with E-state index in [1.807, 2.05) is 29.4 Å². The van der Waals surface area contributed by atoms with Crippen molar-refractivity contribution in [3.8, 4) is 0 Å². The Morgan fingerprint density at radius 3 is 2.25 bits per heavy atom. The van der Waals surface area contributed by atoms with Gasteiger partial charge in [-0.2, -0.15) is 0 Å². The normalized spacial score (nSPS) is 19.0. The van der Waals surface area contributed by atoms with Crippen LogP contribution in [0.25, 0.3) is 6.08 Å². The molecule has 3 rings (SSSR count). The van der Waals surface area contributed by atoms with E-state index in [0.29, 0.717) is 19.1 Å². The topological polar surface area (TPSA) is 61.4 Å². The van der Waals surface area contributed by atoms with Crippen LogP contribution < -0.4 is 10.6 Å². The second-order valence-corrected chi connectivity index (χ2v) is 8.54. The largest absolute Gasteiger partial charge is 0.350 e. The highest BCUT2D eigenvalue weighted by molar-refractivity contribution is 7.98. The van der Waals surface area contributed by atoms with Crippen molar-refractivity contribution in [2.45, 2.75) is 61.9 Å². The molecule has 2 N–H and O–H groups in total. The fraction of sp³-hybridized carbons (Fsp3) is 0.545. The Kier molecular flexibility index (Phi) is 7.83. The predicted molar refractivity (Wildman–Crippen MR) is 115 cm³/mol. The molecule has 0 bridgehead atoms. The molecule has 28 heavy (non-hydrogen) atoms. The van der Waals surface area contributed by atoms with Crippen molar-refractivity contribution >= 4 is 29.8 Å². The van der Waals surface area contributed by atoms with Gasteiger partial charge in [-0.15, -0.1) is 11.8 Å². The van der Waals surface area contributed by atoms with Crippen LogP contribution in [-0.2, 0) is 4.79 Å². The third-order valence-corrected chi connectivity index (χ3v) is 6.35. The van der Waals surface area contributed by atoms with Gasteiger partial charge < -0.3 is 15.5 Å². The predicted octanol–water partition coefficient (Wildman–Crippen LogP) is 4.04. The van der Waals surface area contributed by atoms with Crippen LogP contribution in [0.5, 0.6) is 0 Å². The van der Waals surface area contributed by atoms with Crippen molar-refractivity contribution in [1.29, 1.82) is 0 Å². The lowest BCUT2D eigenvalue weighted by Gasteiger charge is -2.34. The lowest BCUT2D eigenvalue weighted by Crippen LogP contribution is -2.51. The van der Waals surface area contributed by atoms with E-state index in [9.17, 15) is 9.59 Å². The van der Waals surface area contributed by atoms with Crippen LogP contribution in [0.3, 0.4) is 0 Å². The van der Waals surface area contributed by atoms with Crippen LogP contribution in [0.4, 0.5) is 4.79 Å². The van der Waals surface area contributed by atoms with Crippen molar-refractivity contribution in [2.24, 2.45) is 0 Å². The summed E-state index contributed by atoms with van der Waals surface area (Å²) in [6, 6.07) is 8.67. The first-order valence-corrected chi connectivity index (χ1v) is 11.5. The first kappa shape index (κ1) is 20.8. The van der Waals surface area contributed by atoms with Crippen LogP contribution in [-0.4, -0.2) is 48.3 Å². The number of benzene rings is 1. The second kappa shape index (κ2) is 10.6. The Morgan fingerprint density at radius 1 is 0.964 bits per heavy atom. The van der Waals surface area contributed by atoms with E-state index in [0.717, 1.165) is 31.2 Å². The Balaban J connectivity index is 1.38. The van der Waals surface area contributed by atoms with Crippen molar-refractivity contribution < 1.29 is 9.59 Å². The van der Waals surface area contributed by atoms with E-state index in [-0.39, 0.29) is 18.0 Å². The molecular weight excluding hydrogens is 370 g/mol. The van der Waals surface area contributed by atoms with Gasteiger partial charge in [-0.25, -0.2) is 4.79 Å². The number of nitrogens with zero attached hydrogens (tertiary/aromatic N) is 1. The molecule has 2 aliphatic rings. The maximum atomic E-state index is 12.4. The first-order valence-electron chi connectivity index (χ1n) is 10.3. The molecule has 1 aliphatic heterocycles. The number of amides is 3. The van der Waals surface area contributed by atoms with Gasteiger partial charge >= 0.3 is 6.03 Å². The number of urea groups is 1. The molecule has 1 saturated carbocycles. The van der Waals surface area contributed by atoms with E-state index in [1.165, 1.54) is 24.2 Å². The molecule has 0 aromatic heterocycles. The molecule has 2 fully saturated rings. The third-order valence-electron chi connectivity index (χ3n) is 5.60. The zero-order chi connectivity index (χ0) is 19.8. The molecule has 1 aromatic carbocycles. The number of likely N-dealkylation sites (tertiary alicyclic amines) is 1. The number of piperidine rings is 1. The molecule has 0 unspecified atom stereocenters. The van der Waals surface area contributed by atoms with Gasteiger partial charge in [0.25, 0.3) is 0 Å². The Hall–Kier alpha value is -1.95. The van der Waals surface area contributed by atoms with E-state index in [2.05, 4.69) is 22.8 Å². The van der Waals surface area contributed by atoms with Crippen LogP contribution in [0, 0.1) is 0 Å². The maximum Gasteiger partial charge on any atom is 0.317 e. The van der Waals surface area contributed by atoms with Crippen LogP contribution in [0.15, 0.2) is 35.2 Å². The zero-order valence-corrected chi connectivity index (χ0v) is 17.5. The summed E-state index contributed by atoms with van der Waals surface area (Å²) < 4.78 is 0. The van der Waals surface area contributed by atoms with Gasteiger partial charge in [0.1, 0.15) is 0 Å². The molecule has 1 aliphatic carbocycles. The van der Waals surface area contributed by atoms with Gasteiger partial charge in [-0.1, -0.05) is 31.4 Å². The average molecular weight is 402 g/mol. The van der Waals surface area contributed by atoms with Gasteiger partial charge in [-0.05, 0) is 55.7 Å². The van der Waals surface area contributed by atoms with Crippen LogP contribution in [0.1, 0.15) is 50.5 Å². The molecule has 1 aromatic rings. The summed E-state index contributed by atoms with van der Waals surface area (Å²) in [7, 11) is 0. The summed E-state index contributed by atoms with van der Waals surface area (Å²) in [5.41, 5.74) is 1.02. The number of hydrogen-bond acceptors (Lipinski definition) is 3. The minimum atomic E-state index is -0.0703.